The third-order valence-electron chi connectivity index (χ3n) is 3.35. The second-order valence-electron chi connectivity index (χ2n) is 4.75. The van der Waals surface area contributed by atoms with Gasteiger partial charge in [-0.1, -0.05) is 12.1 Å². The summed E-state index contributed by atoms with van der Waals surface area (Å²) >= 11 is 0. The van der Waals surface area contributed by atoms with E-state index < -0.39 is 11.8 Å². The lowest BCUT2D eigenvalue weighted by atomic mass is 10.0. The molecule has 0 atom stereocenters. The number of carbonyl (C=O) groups excluding carboxylic acids is 2. The first-order chi connectivity index (χ1) is 9.99. The summed E-state index contributed by atoms with van der Waals surface area (Å²) in [6.07, 6.45) is 0. The topological polar surface area (TPSA) is 112 Å². The van der Waals surface area contributed by atoms with Gasteiger partial charge in [0.25, 0.3) is 5.91 Å². The van der Waals surface area contributed by atoms with Crippen molar-refractivity contribution in [2.75, 3.05) is 0 Å². The molecule has 0 radical (unpaired) electrons. The van der Waals surface area contributed by atoms with Crippen molar-refractivity contribution < 1.29 is 9.59 Å². The van der Waals surface area contributed by atoms with Gasteiger partial charge in [0.05, 0.1) is 27.7 Å². The Hall–Kier alpha value is -3.02. The maximum absolute atomic E-state index is 11.7. The van der Waals surface area contributed by atoms with E-state index in [4.69, 9.17) is 11.5 Å². The van der Waals surface area contributed by atoms with Gasteiger partial charge in [-0.15, -0.1) is 0 Å². The van der Waals surface area contributed by atoms with Gasteiger partial charge in [0.1, 0.15) is 5.52 Å². The molecule has 6 heteroatoms. The smallest absolute Gasteiger partial charge is 0.251 e. The molecule has 1 aromatic heterocycles. The minimum Gasteiger partial charge on any atom is -0.366 e. The highest BCUT2D eigenvalue weighted by Crippen LogP contribution is 2.23. The number of hydrogen-bond donors (Lipinski definition) is 2. The molecule has 0 saturated carbocycles. The fraction of sp³-hybridized carbons (Fsp3) is 0.0667. The van der Waals surface area contributed by atoms with E-state index in [2.05, 4.69) is 9.97 Å². The highest BCUT2D eigenvalue weighted by atomic mass is 16.2. The van der Waals surface area contributed by atoms with E-state index in [0.29, 0.717) is 22.1 Å². The average molecular weight is 280 g/mol. The SMILES string of the molecule is Cc1cccc2nc3ccc(C(N)=O)c(C(N)=O)c3nc12. The molecule has 0 spiro atoms. The summed E-state index contributed by atoms with van der Waals surface area (Å²) in [5.41, 5.74) is 13.8. The number of primary amides is 2. The fourth-order valence-electron chi connectivity index (χ4n) is 2.36. The van der Waals surface area contributed by atoms with Crippen LogP contribution in [0.2, 0.25) is 0 Å². The van der Waals surface area contributed by atoms with Crippen molar-refractivity contribution in [1.82, 2.24) is 9.97 Å². The van der Waals surface area contributed by atoms with Gasteiger partial charge in [-0.3, -0.25) is 9.59 Å². The van der Waals surface area contributed by atoms with E-state index in [9.17, 15) is 9.59 Å². The molecule has 0 fully saturated rings. The molecule has 4 N–H and O–H groups in total. The normalized spacial score (nSPS) is 10.9. The molecule has 104 valence electrons. The van der Waals surface area contributed by atoms with Gasteiger partial charge in [-0.05, 0) is 30.7 Å². The van der Waals surface area contributed by atoms with Gasteiger partial charge in [0.15, 0.2) is 0 Å². The molecule has 0 aliphatic heterocycles. The maximum Gasteiger partial charge on any atom is 0.251 e. The van der Waals surface area contributed by atoms with Crippen molar-refractivity contribution in [3.05, 3.63) is 47.0 Å². The van der Waals surface area contributed by atoms with Crippen LogP contribution in [0.4, 0.5) is 0 Å². The van der Waals surface area contributed by atoms with Crippen LogP contribution in [0.5, 0.6) is 0 Å². The summed E-state index contributed by atoms with van der Waals surface area (Å²) in [4.78, 5) is 32.1. The fourth-order valence-corrected chi connectivity index (χ4v) is 2.36. The van der Waals surface area contributed by atoms with E-state index >= 15 is 0 Å². The number of carbonyl (C=O) groups is 2. The highest BCUT2D eigenvalue weighted by Gasteiger charge is 2.19. The molecule has 1 heterocycles. The van der Waals surface area contributed by atoms with Gasteiger partial charge in [0, 0.05) is 0 Å². The molecule has 0 saturated heterocycles. The number of nitrogens with zero attached hydrogens (tertiary/aromatic N) is 2. The number of aromatic nitrogens is 2. The van der Waals surface area contributed by atoms with E-state index in [1.807, 2.05) is 25.1 Å². The Morgan fingerprint density at radius 2 is 1.62 bits per heavy atom. The molecule has 6 nitrogen and oxygen atoms in total. The van der Waals surface area contributed by atoms with Crippen molar-refractivity contribution in [3.63, 3.8) is 0 Å². The van der Waals surface area contributed by atoms with Crippen LogP contribution in [-0.4, -0.2) is 21.8 Å². The monoisotopic (exact) mass is 280 g/mol. The summed E-state index contributed by atoms with van der Waals surface area (Å²) in [6.45, 7) is 1.89. The number of benzene rings is 2. The average Bonchev–Trinajstić information content (AvgIpc) is 2.44. The molecule has 0 bridgehead atoms. The highest BCUT2D eigenvalue weighted by molar-refractivity contribution is 6.14. The van der Waals surface area contributed by atoms with Crippen LogP contribution in [0, 0.1) is 6.92 Å². The lowest BCUT2D eigenvalue weighted by Gasteiger charge is -2.09. The molecule has 0 aliphatic carbocycles. The van der Waals surface area contributed by atoms with Crippen molar-refractivity contribution in [1.29, 1.82) is 0 Å². The van der Waals surface area contributed by atoms with Crippen LogP contribution < -0.4 is 11.5 Å². The zero-order chi connectivity index (χ0) is 15.1. The molecular weight excluding hydrogens is 268 g/mol. The van der Waals surface area contributed by atoms with E-state index in [1.54, 1.807) is 6.07 Å². The number of rotatable bonds is 2. The Bertz CT molecular complexity index is 918. The maximum atomic E-state index is 11.7. The van der Waals surface area contributed by atoms with Crippen LogP contribution in [0.1, 0.15) is 26.3 Å². The minimum absolute atomic E-state index is 0.0117. The number of fused-ring (bicyclic) bond motifs is 2. The second-order valence-corrected chi connectivity index (χ2v) is 4.75. The molecule has 2 amide bonds. The predicted molar refractivity (Wildman–Crippen MR) is 78.8 cm³/mol. The van der Waals surface area contributed by atoms with Gasteiger partial charge in [-0.2, -0.15) is 0 Å². The molecule has 21 heavy (non-hydrogen) atoms. The van der Waals surface area contributed by atoms with Crippen LogP contribution in [0.3, 0.4) is 0 Å². The quantitative estimate of drug-likeness (QED) is 0.688. The summed E-state index contributed by atoms with van der Waals surface area (Å²) in [6, 6.07) is 8.66. The zero-order valence-corrected chi connectivity index (χ0v) is 11.3. The van der Waals surface area contributed by atoms with Gasteiger partial charge in [-0.25, -0.2) is 9.97 Å². The number of nitrogens with two attached hydrogens (primary N) is 2. The molecule has 0 unspecified atom stereocenters. The Morgan fingerprint density at radius 1 is 0.905 bits per heavy atom. The Balaban J connectivity index is 2.52. The van der Waals surface area contributed by atoms with Crippen LogP contribution >= 0.6 is 0 Å². The van der Waals surface area contributed by atoms with E-state index in [1.165, 1.54) is 6.07 Å². The third kappa shape index (κ3) is 1.97. The molecule has 3 aromatic rings. The van der Waals surface area contributed by atoms with E-state index in [0.717, 1.165) is 5.56 Å². The first kappa shape index (κ1) is 13.0. The zero-order valence-electron chi connectivity index (χ0n) is 11.3. The van der Waals surface area contributed by atoms with Crippen molar-refractivity contribution in [2.24, 2.45) is 11.5 Å². The lowest BCUT2D eigenvalue weighted by molar-refractivity contribution is 0.0968. The minimum atomic E-state index is -0.753. The number of amides is 2. The van der Waals surface area contributed by atoms with Gasteiger partial charge >= 0.3 is 0 Å². The van der Waals surface area contributed by atoms with Gasteiger partial charge in [0.2, 0.25) is 5.91 Å². The Kier molecular flexibility index (Phi) is 2.79. The lowest BCUT2D eigenvalue weighted by Crippen LogP contribution is -2.21. The van der Waals surface area contributed by atoms with Crippen LogP contribution in [0.15, 0.2) is 30.3 Å². The van der Waals surface area contributed by atoms with Crippen LogP contribution in [-0.2, 0) is 0 Å². The summed E-state index contributed by atoms with van der Waals surface area (Å²) in [5.74, 6) is -1.48. The number of para-hydroxylation sites is 1. The molecule has 3 rings (SSSR count). The Labute approximate surface area is 119 Å². The number of aryl methyl sites for hydroxylation is 1. The first-order valence-corrected chi connectivity index (χ1v) is 6.28. The molecular formula is C15H12N4O2. The second kappa shape index (κ2) is 4.52. The first-order valence-electron chi connectivity index (χ1n) is 6.28. The van der Waals surface area contributed by atoms with Crippen LogP contribution in [0.25, 0.3) is 22.1 Å². The predicted octanol–water partition coefficient (Wildman–Crippen LogP) is 1.29. The Morgan fingerprint density at radius 3 is 2.29 bits per heavy atom. The van der Waals surface area contributed by atoms with Gasteiger partial charge < -0.3 is 11.5 Å². The third-order valence-corrected chi connectivity index (χ3v) is 3.35. The standard InChI is InChI=1S/C15H12N4O2/c1-7-3-2-4-9-12(7)19-13-10(18-9)6-5-8(14(16)20)11(13)15(17)21/h2-6H,1H3,(H2,16,20)(H2,17,21). The van der Waals surface area contributed by atoms with E-state index in [-0.39, 0.29) is 11.1 Å². The summed E-state index contributed by atoms with van der Waals surface area (Å²) in [5, 5.41) is 0. The van der Waals surface area contributed by atoms with Crippen molar-refractivity contribution in [3.8, 4) is 0 Å². The van der Waals surface area contributed by atoms with Crippen molar-refractivity contribution in [2.45, 2.75) is 6.92 Å². The molecule has 2 aromatic carbocycles. The largest absolute Gasteiger partial charge is 0.366 e. The number of hydrogen-bond acceptors (Lipinski definition) is 4. The summed E-state index contributed by atoms with van der Waals surface area (Å²) in [7, 11) is 0. The summed E-state index contributed by atoms with van der Waals surface area (Å²) < 4.78 is 0. The van der Waals surface area contributed by atoms with Crippen molar-refractivity contribution >= 4 is 33.9 Å². The molecule has 0 aliphatic rings.